The van der Waals surface area contributed by atoms with Crippen molar-refractivity contribution in [2.24, 2.45) is 0 Å². The van der Waals surface area contributed by atoms with E-state index in [9.17, 15) is 0 Å². The Morgan fingerprint density at radius 1 is 1.42 bits per heavy atom. The molecule has 0 heterocycles. The Bertz CT molecular complexity index is 115. The van der Waals surface area contributed by atoms with Gasteiger partial charge in [-0.05, 0) is 27.2 Å². The van der Waals surface area contributed by atoms with Gasteiger partial charge in [0.15, 0.2) is 0 Å². The van der Waals surface area contributed by atoms with Crippen LogP contribution in [0.15, 0.2) is 6.08 Å². The van der Waals surface area contributed by atoms with Gasteiger partial charge in [0.05, 0.1) is 5.60 Å². The van der Waals surface area contributed by atoms with E-state index in [4.69, 9.17) is 11.3 Å². The average molecular weight is 162 g/mol. The van der Waals surface area contributed by atoms with Crippen LogP contribution in [0.25, 0.3) is 0 Å². The van der Waals surface area contributed by atoms with Gasteiger partial charge in [0.25, 0.3) is 0 Å². The van der Waals surface area contributed by atoms with Crippen molar-refractivity contribution in [3.8, 4) is 0 Å². The Kier molecular flexibility index (Phi) is 8.36. The monoisotopic (exact) mass is 162 g/mol. The van der Waals surface area contributed by atoms with Crippen LogP contribution in [0, 0.1) is 6.58 Å². The van der Waals surface area contributed by atoms with E-state index in [-0.39, 0.29) is 30.6 Å². The minimum absolute atomic E-state index is 0. The minimum atomic E-state index is -0.0876. The maximum absolute atomic E-state index is 5.65. The first-order valence-electron chi connectivity index (χ1n) is 4.22. The normalized spacial score (nSPS) is 13.3. The summed E-state index contributed by atoms with van der Waals surface area (Å²) in [4.78, 5) is 0. The Morgan fingerprint density at radius 2 is 1.92 bits per heavy atom. The van der Waals surface area contributed by atoms with Crippen molar-refractivity contribution in [3.63, 3.8) is 0 Å². The van der Waals surface area contributed by atoms with Crippen molar-refractivity contribution in [3.05, 3.63) is 12.7 Å². The molecule has 0 aromatic carbocycles. The molecule has 0 saturated carbocycles. The van der Waals surface area contributed by atoms with E-state index < -0.39 is 0 Å². The number of hydrogen-bond donors (Lipinski definition) is 0. The summed E-state index contributed by atoms with van der Waals surface area (Å²) in [5, 5.41) is 0. The van der Waals surface area contributed by atoms with Crippen LogP contribution < -0.4 is 18.9 Å². The average Bonchev–Trinajstić information content (AvgIpc) is 1.84. The van der Waals surface area contributed by atoms with Crippen LogP contribution in [-0.2, 0) is 4.74 Å². The minimum Gasteiger partial charge on any atom is -0.515 e. The second-order valence-electron chi connectivity index (χ2n) is 3.75. The predicted molar refractivity (Wildman–Crippen MR) is 48.4 cm³/mol. The van der Waals surface area contributed by atoms with E-state index in [1.807, 2.05) is 20.8 Å². The van der Waals surface area contributed by atoms with Crippen LogP contribution in [0.5, 0.6) is 0 Å². The van der Waals surface area contributed by atoms with Gasteiger partial charge in [0.2, 0.25) is 0 Å². The Hall–Kier alpha value is 0.297. The summed E-state index contributed by atoms with van der Waals surface area (Å²) in [6.07, 6.45) is 3.86. The maximum atomic E-state index is 5.65. The SMILES string of the molecule is [CH-]=C[C@H](CCC)OC(C)(C)C.[Li+]. The van der Waals surface area contributed by atoms with E-state index in [1.54, 1.807) is 6.08 Å². The number of rotatable bonds is 4. The van der Waals surface area contributed by atoms with Crippen molar-refractivity contribution in [1.82, 2.24) is 0 Å². The molecule has 12 heavy (non-hydrogen) atoms. The molecule has 0 bridgehead atoms. The molecule has 0 spiro atoms. The largest absolute Gasteiger partial charge is 1.00 e. The third-order valence-electron chi connectivity index (χ3n) is 1.29. The van der Waals surface area contributed by atoms with E-state index in [0.717, 1.165) is 12.8 Å². The van der Waals surface area contributed by atoms with E-state index >= 15 is 0 Å². The van der Waals surface area contributed by atoms with Crippen LogP contribution in [0.2, 0.25) is 0 Å². The van der Waals surface area contributed by atoms with Gasteiger partial charge in [-0.3, -0.25) is 0 Å². The molecule has 1 nitrogen and oxygen atoms in total. The molecular weight excluding hydrogens is 143 g/mol. The Morgan fingerprint density at radius 3 is 2.17 bits per heavy atom. The van der Waals surface area contributed by atoms with Crippen LogP contribution >= 0.6 is 0 Å². The van der Waals surface area contributed by atoms with E-state index in [0.29, 0.717) is 0 Å². The van der Waals surface area contributed by atoms with E-state index in [1.165, 1.54) is 0 Å². The second kappa shape index (κ2) is 6.77. The summed E-state index contributed by atoms with van der Waals surface area (Å²) < 4.78 is 5.65. The zero-order chi connectivity index (χ0) is 8.91. The molecule has 0 aliphatic carbocycles. The third kappa shape index (κ3) is 8.39. The van der Waals surface area contributed by atoms with Crippen molar-refractivity contribution in [1.29, 1.82) is 0 Å². The van der Waals surface area contributed by atoms with Gasteiger partial charge in [-0.2, -0.15) is 0 Å². The molecule has 0 aromatic heterocycles. The van der Waals surface area contributed by atoms with Gasteiger partial charge in [-0.1, -0.05) is 13.3 Å². The van der Waals surface area contributed by atoms with Gasteiger partial charge in [0, 0.05) is 6.10 Å². The topological polar surface area (TPSA) is 9.23 Å². The van der Waals surface area contributed by atoms with Gasteiger partial charge < -0.3 is 11.3 Å². The molecule has 0 N–H and O–H groups in total. The van der Waals surface area contributed by atoms with Gasteiger partial charge >= 0.3 is 18.9 Å². The quantitative estimate of drug-likeness (QED) is 0.416. The summed E-state index contributed by atoms with van der Waals surface area (Å²) in [7, 11) is 0. The van der Waals surface area contributed by atoms with E-state index in [2.05, 4.69) is 6.92 Å². The molecule has 1 atom stereocenters. The molecule has 0 unspecified atom stereocenters. The summed E-state index contributed by atoms with van der Waals surface area (Å²) in [6.45, 7) is 13.7. The summed E-state index contributed by atoms with van der Waals surface area (Å²) in [6, 6.07) is 0. The molecule has 0 fully saturated rings. The first-order chi connectivity index (χ1) is 4.99. The zero-order valence-corrected chi connectivity index (χ0v) is 9.05. The van der Waals surface area contributed by atoms with Gasteiger partial charge in [0.1, 0.15) is 0 Å². The Labute approximate surface area is 88.7 Å². The van der Waals surface area contributed by atoms with Gasteiger partial charge in [-0.15, -0.1) is 0 Å². The first kappa shape index (κ1) is 14.8. The zero-order valence-electron chi connectivity index (χ0n) is 9.05. The number of hydrogen-bond acceptors (Lipinski definition) is 1. The van der Waals surface area contributed by atoms with Crippen LogP contribution in [0.3, 0.4) is 0 Å². The molecule has 0 amide bonds. The number of ether oxygens (including phenoxy) is 1. The standard InChI is InChI=1S/C10H19O.Li/c1-6-8-9(7-2)11-10(3,4)5;/h2,7,9H,6,8H2,1,3-5H3;/q-1;+1/t9-;/m1./s1. The van der Waals surface area contributed by atoms with Gasteiger partial charge in [-0.25, -0.2) is 6.08 Å². The first-order valence-corrected chi connectivity index (χ1v) is 4.22. The fraction of sp³-hybridized carbons (Fsp3) is 0.800. The maximum Gasteiger partial charge on any atom is 1.00 e. The molecule has 2 heteroatoms. The van der Waals surface area contributed by atoms with Crippen LogP contribution in [0.1, 0.15) is 40.5 Å². The summed E-state index contributed by atoms with van der Waals surface area (Å²) >= 11 is 0. The van der Waals surface area contributed by atoms with Crippen molar-refractivity contribution in [2.45, 2.75) is 52.2 Å². The van der Waals surface area contributed by atoms with Crippen LogP contribution in [-0.4, -0.2) is 11.7 Å². The summed E-state index contributed by atoms with van der Waals surface area (Å²) in [5.74, 6) is 0. The predicted octanol–water partition coefficient (Wildman–Crippen LogP) is -0.0366. The van der Waals surface area contributed by atoms with Crippen molar-refractivity contribution in [2.75, 3.05) is 0 Å². The molecule has 0 aliphatic rings. The molecular formula is C10H19LiO. The molecule has 66 valence electrons. The molecule has 0 aromatic rings. The van der Waals surface area contributed by atoms with Crippen molar-refractivity contribution < 1.29 is 23.6 Å². The molecule has 0 saturated heterocycles. The smallest absolute Gasteiger partial charge is 0.515 e. The molecule has 0 aliphatic heterocycles. The molecule has 0 rings (SSSR count). The fourth-order valence-corrected chi connectivity index (χ4v) is 0.933. The van der Waals surface area contributed by atoms with Crippen LogP contribution in [0.4, 0.5) is 0 Å². The third-order valence-corrected chi connectivity index (χ3v) is 1.29. The molecule has 0 radical (unpaired) electrons. The Balaban J connectivity index is 0. The fourth-order valence-electron chi connectivity index (χ4n) is 0.933. The second-order valence-corrected chi connectivity index (χ2v) is 3.75. The van der Waals surface area contributed by atoms with Crippen molar-refractivity contribution >= 4 is 0 Å². The summed E-state index contributed by atoms with van der Waals surface area (Å²) in [5.41, 5.74) is -0.0876.